The molecule has 1 aliphatic heterocycles. The summed E-state index contributed by atoms with van der Waals surface area (Å²) in [6.45, 7) is 7.66. The van der Waals surface area contributed by atoms with E-state index >= 15 is 0 Å². The van der Waals surface area contributed by atoms with Crippen LogP contribution in [0.4, 0.5) is 5.95 Å². The first-order valence-electron chi connectivity index (χ1n) is 12.2. The molecule has 208 valence electrons. The molecule has 4 atom stereocenters. The standard InChI is InChI=1S/C23H38N6O7S/c1-14(2)35-20(21-24-10-18(34-7)11-25-21)16(4)37(30,31)28-23-27-26-22(19-9-8-15(3)36-19)29(23)17(12-32-5)13-33-6/h10-11,14-17,19-20H,8-9,12-13H2,1-7H3,(H,27,28)/t15-,16?,19-,20?/m1/s1. The van der Waals surface area contributed by atoms with Gasteiger partial charge in [0.25, 0.3) is 0 Å². The summed E-state index contributed by atoms with van der Waals surface area (Å²) < 4.78 is 59.5. The van der Waals surface area contributed by atoms with Crippen LogP contribution < -0.4 is 9.46 Å². The normalized spacial score (nSPS) is 19.9. The van der Waals surface area contributed by atoms with Gasteiger partial charge >= 0.3 is 0 Å². The Labute approximate surface area is 218 Å². The topological polar surface area (TPSA) is 149 Å². The molecule has 3 rings (SSSR count). The van der Waals surface area contributed by atoms with Crippen molar-refractivity contribution in [2.24, 2.45) is 0 Å². The Morgan fingerprint density at radius 3 is 2.24 bits per heavy atom. The average Bonchev–Trinajstić information content (AvgIpc) is 3.47. The SMILES string of the molecule is COCC(COC)n1c(NS(=O)(=O)C(C)C(OC(C)C)c2ncc(OC)cn2)nnc1[C@H]1CC[C@@H](C)O1. The van der Waals surface area contributed by atoms with Gasteiger partial charge in [-0.25, -0.2) is 18.4 Å². The Balaban J connectivity index is 1.96. The number of nitrogens with zero attached hydrogens (tertiary/aromatic N) is 5. The fourth-order valence-electron chi connectivity index (χ4n) is 4.16. The molecule has 1 aliphatic rings. The van der Waals surface area contributed by atoms with Crippen molar-refractivity contribution in [3.63, 3.8) is 0 Å². The molecule has 37 heavy (non-hydrogen) atoms. The zero-order valence-corrected chi connectivity index (χ0v) is 23.3. The van der Waals surface area contributed by atoms with Crippen LogP contribution in [0.5, 0.6) is 5.75 Å². The van der Waals surface area contributed by atoms with E-state index in [1.54, 1.807) is 18.8 Å². The third-order valence-electron chi connectivity index (χ3n) is 6.03. The van der Waals surface area contributed by atoms with E-state index in [-0.39, 0.29) is 49.3 Å². The molecular weight excluding hydrogens is 504 g/mol. The number of aromatic nitrogens is 5. The Bertz CT molecular complexity index is 1090. The summed E-state index contributed by atoms with van der Waals surface area (Å²) in [5.41, 5.74) is 0. The van der Waals surface area contributed by atoms with Crippen LogP contribution in [-0.4, -0.2) is 85.2 Å². The fourth-order valence-corrected chi connectivity index (χ4v) is 5.25. The molecule has 0 aliphatic carbocycles. The molecule has 3 heterocycles. The Morgan fingerprint density at radius 2 is 1.73 bits per heavy atom. The van der Waals surface area contributed by atoms with Gasteiger partial charge in [0.15, 0.2) is 17.4 Å². The fraction of sp³-hybridized carbons (Fsp3) is 0.739. The molecule has 0 bridgehead atoms. The van der Waals surface area contributed by atoms with Crippen LogP contribution in [0.25, 0.3) is 0 Å². The van der Waals surface area contributed by atoms with Crippen molar-refractivity contribution < 1.29 is 32.1 Å². The molecule has 0 radical (unpaired) electrons. The molecule has 0 saturated carbocycles. The molecule has 1 fully saturated rings. The minimum Gasteiger partial charge on any atom is -0.494 e. The van der Waals surface area contributed by atoms with E-state index in [1.165, 1.54) is 26.4 Å². The number of rotatable bonds is 14. The lowest BCUT2D eigenvalue weighted by molar-refractivity contribution is 0.00147. The summed E-state index contributed by atoms with van der Waals surface area (Å²) in [6, 6.07) is -0.389. The molecule has 1 saturated heterocycles. The third kappa shape index (κ3) is 7.13. The number of nitrogens with one attached hydrogen (secondary N) is 1. The van der Waals surface area contributed by atoms with Crippen LogP contribution in [0.1, 0.15) is 70.4 Å². The second kappa shape index (κ2) is 12.9. The van der Waals surface area contributed by atoms with Gasteiger partial charge in [0.05, 0.1) is 51.0 Å². The molecule has 0 aromatic carbocycles. The third-order valence-corrected chi connectivity index (χ3v) is 7.72. The predicted octanol–water partition coefficient (Wildman–Crippen LogP) is 2.45. The molecule has 2 unspecified atom stereocenters. The van der Waals surface area contributed by atoms with Crippen LogP contribution in [-0.2, 0) is 29.0 Å². The molecule has 0 amide bonds. The van der Waals surface area contributed by atoms with Crippen molar-refractivity contribution in [1.29, 1.82) is 0 Å². The molecular formula is C23H38N6O7S. The summed E-state index contributed by atoms with van der Waals surface area (Å²) in [5, 5.41) is 7.43. The summed E-state index contributed by atoms with van der Waals surface area (Å²) in [7, 11) is 0.569. The number of anilines is 1. The van der Waals surface area contributed by atoms with Gasteiger partial charge in [0.2, 0.25) is 16.0 Å². The zero-order chi connectivity index (χ0) is 27.2. The number of ether oxygens (including phenoxy) is 5. The van der Waals surface area contributed by atoms with Crippen molar-refractivity contribution in [3.8, 4) is 5.75 Å². The number of methoxy groups -OCH3 is 3. The largest absolute Gasteiger partial charge is 0.494 e. The lowest BCUT2D eigenvalue weighted by Crippen LogP contribution is -2.35. The minimum absolute atomic E-state index is 0.0445. The lowest BCUT2D eigenvalue weighted by atomic mass is 10.2. The second-order valence-corrected chi connectivity index (χ2v) is 11.3. The van der Waals surface area contributed by atoms with Crippen LogP contribution in [0.3, 0.4) is 0 Å². The quantitative estimate of drug-likeness (QED) is 0.375. The van der Waals surface area contributed by atoms with Gasteiger partial charge in [-0.05, 0) is 40.5 Å². The van der Waals surface area contributed by atoms with E-state index in [0.717, 1.165) is 12.8 Å². The Hall–Kier alpha value is -2.39. The number of sulfonamides is 1. The van der Waals surface area contributed by atoms with Gasteiger partial charge in [-0.1, -0.05) is 0 Å². The van der Waals surface area contributed by atoms with Crippen LogP contribution >= 0.6 is 0 Å². The van der Waals surface area contributed by atoms with Gasteiger partial charge in [0.1, 0.15) is 17.5 Å². The van der Waals surface area contributed by atoms with Crippen molar-refractivity contribution >= 4 is 16.0 Å². The highest BCUT2D eigenvalue weighted by molar-refractivity contribution is 7.93. The maximum absolute atomic E-state index is 13.6. The van der Waals surface area contributed by atoms with Gasteiger partial charge in [-0.15, -0.1) is 10.2 Å². The molecule has 14 heteroatoms. The zero-order valence-electron chi connectivity index (χ0n) is 22.4. The predicted molar refractivity (Wildman–Crippen MR) is 135 cm³/mol. The maximum Gasteiger partial charge on any atom is 0.240 e. The van der Waals surface area contributed by atoms with E-state index in [1.807, 2.05) is 20.8 Å². The van der Waals surface area contributed by atoms with Gasteiger partial charge in [0, 0.05) is 14.2 Å². The molecule has 2 aromatic heterocycles. The van der Waals surface area contributed by atoms with Gasteiger partial charge < -0.3 is 23.7 Å². The first kappa shape index (κ1) is 29.2. The average molecular weight is 543 g/mol. The lowest BCUT2D eigenvalue weighted by Gasteiger charge is -2.26. The highest BCUT2D eigenvalue weighted by Crippen LogP contribution is 2.35. The van der Waals surface area contributed by atoms with E-state index in [2.05, 4.69) is 24.9 Å². The first-order chi connectivity index (χ1) is 17.6. The monoisotopic (exact) mass is 542 g/mol. The highest BCUT2D eigenvalue weighted by Gasteiger charge is 2.37. The molecule has 2 aromatic rings. The summed E-state index contributed by atoms with van der Waals surface area (Å²) in [5.74, 6) is 1.23. The van der Waals surface area contributed by atoms with Crippen molar-refractivity contribution in [2.75, 3.05) is 39.3 Å². The summed E-state index contributed by atoms with van der Waals surface area (Å²) in [4.78, 5) is 8.53. The van der Waals surface area contributed by atoms with Crippen LogP contribution in [0.15, 0.2) is 12.4 Å². The minimum atomic E-state index is -4.06. The molecule has 1 N–H and O–H groups in total. The highest BCUT2D eigenvalue weighted by atomic mass is 32.2. The van der Waals surface area contributed by atoms with Gasteiger partial charge in [-0.2, -0.15) is 0 Å². The maximum atomic E-state index is 13.6. The van der Waals surface area contributed by atoms with E-state index in [9.17, 15) is 8.42 Å². The smallest absolute Gasteiger partial charge is 0.240 e. The van der Waals surface area contributed by atoms with E-state index < -0.39 is 21.4 Å². The van der Waals surface area contributed by atoms with E-state index in [0.29, 0.717) is 11.6 Å². The number of hydrogen-bond acceptors (Lipinski definition) is 11. The van der Waals surface area contributed by atoms with Gasteiger partial charge in [-0.3, -0.25) is 9.29 Å². The van der Waals surface area contributed by atoms with Crippen molar-refractivity contribution in [1.82, 2.24) is 24.7 Å². The van der Waals surface area contributed by atoms with Crippen molar-refractivity contribution in [2.45, 2.75) is 76.2 Å². The molecule has 0 spiro atoms. The van der Waals surface area contributed by atoms with Crippen LogP contribution in [0.2, 0.25) is 0 Å². The second-order valence-electron chi connectivity index (χ2n) is 9.27. The Kier molecular flexibility index (Phi) is 10.2. The van der Waals surface area contributed by atoms with Crippen LogP contribution in [0, 0.1) is 0 Å². The summed E-state index contributed by atoms with van der Waals surface area (Å²) >= 11 is 0. The Morgan fingerprint density at radius 1 is 1.08 bits per heavy atom. The first-order valence-corrected chi connectivity index (χ1v) is 13.8. The molecule has 13 nitrogen and oxygen atoms in total. The summed E-state index contributed by atoms with van der Waals surface area (Å²) in [6.07, 6.45) is 3.06. The van der Waals surface area contributed by atoms with E-state index in [4.69, 9.17) is 23.7 Å². The van der Waals surface area contributed by atoms with Crippen molar-refractivity contribution in [3.05, 3.63) is 24.0 Å². The number of hydrogen-bond donors (Lipinski definition) is 1.